The topological polar surface area (TPSA) is 90.1 Å². The molecule has 2 atom stereocenters. The summed E-state index contributed by atoms with van der Waals surface area (Å²) < 4.78 is 5.67. The van der Waals surface area contributed by atoms with Crippen molar-refractivity contribution >= 4 is 24.0 Å². The molecule has 0 bridgehead atoms. The maximum absolute atomic E-state index is 12.7. The molecule has 1 amide bonds. The second kappa shape index (κ2) is 7.70. The van der Waals surface area contributed by atoms with Crippen LogP contribution in [-0.2, 0) is 9.53 Å². The highest BCUT2D eigenvalue weighted by Crippen LogP contribution is 2.50. The van der Waals surface area contributed by atoms with Crippen LogP contribution in [0.4, 0.5) is 5.69 Å². The van der Waals surface area contributed by atoms with E-state index in [2.05, 4.69) is 15.3 Å². The largest absolute Gasteiger partial charge is 0.378 e. The molecule has 3 rings (SSSR count). The first-order valence-corrected chi connectivity index (χ1v) is 8.48. The summed E-state index contributed by atoms with van der Waals surface area (Å²) in [6.45, 7) is 6.48. The van der Waals surface area contributed by atoms with Crippen LogP contribution in [0.1, 0.15) is 27.2 Å². The molecular weight excluding hydrogens is 352 g/mol. The van der Waals surface area contributed by atoms with Crippen molar-refractivity contribution in [1.29, 1.82) is 0 Å². The fourth-order valence-corrected chi connectivity index (χ4v) is 3.19. The molecule has 140 valence electrons. The third-order valence-corrected chi connectivity index (χ3v) is 5.18. The first kappa shape index (κ1) is 20.3. The van der Waals surface area contributed by atoms with E-state index in [4.69, 9.17) is 10.5 Å². The molecule has 1 heterocycles. The van der Waals surface area contributed by atoms with Crippen molar-refractivity contribution in [3.63, 3.8) is 0 Å². The van der Waals surface area contributed by atoms with Gasteiger partial charge in [0.1, 0.15) is 5.54 Å². The Morgan fingerprint density at radius 2 is 1.88 bits per heavy atom. The van der Waals surface area contributed by atoms with Crippen LogP contribution >= 0.6 is 12.4 Å². The number of ether oxygens (including phenoxy) is 1. The molecule has 1 aliphatic carbocycles. The molecule has 26 heavy (non-hydrogen) atoms. The van der Waals surface area contributed by atoms with Gasteiger partial charge in [0, 0.05) is 24.0 Å². The molecular formula is C19H25ClN4O2. The summed E-state index contributed by atoms with van der Waals surface area (Å²) in [4.78, 5) is 21.3. The Kier molecular flexibility index (Phi) is 6.01. The van der Waals surface area contributed by atoms with Crippen molar-refractivity contribution in [2.75, 3.05) is 11.9 Å². The number of hydrogen-bond donors (Lipinski definition) is 2. The Hall–Kier alpha value is -2.02. The van der Waals surface area contributed by atoms with E-state index in [1.165, 1.54) is 0 Å². The average Bonchev–Trinajstić information content (AvgIpc) is 2.62. The summed E-state index contributed by atoms with van der Waals surface area (Å²) in [7, 11) is 0. The Morgan fingerprint density at radius 1 is 1.27 bits per heavy atom. The lowest BCUT2D eigenvalue weighted by molar-refractivity contribution is -0.166. The number of benzene rings is 1. The van der Waals surface area contributed by atoms with E-state index in [1.807, 2.05) is 51.1 Å². The van der Waals surface area contributed by atoms with Crippen LogP contribution in [-0.4, -0.2) is 34.1 Å². The zero-order chi connectivity index (χ0) is 18.1. The molecule has 1 fully saturated rings. The minimum absolute atomic E-state index is 0. The van der Waals surface area contributed by atoms with E-state index in [1.54, 1.807) is 12.4 Å². The van der Waals surface area contributed by atoms with E-state index in [0.29, 0.717) is 24.5 Å². The molecule has 0 aliphatic heterocycles. The summed E-state index contributed by atoms with van der Waals surface area (Å²) in [6.07, 6.45) is 3.69. The average molecular weight is 377 g/mol. The van der Waals surface area contributed by atoms with Crippen molar-refractivity contribution in [2.24, 2.45) is 11.1 Å². The monoisotopic (exact) mass is 376 g/mol. The van der Waals surface area contributed by atoms with Crippen LogP contribution < -0.4 is 11.1 Å². The number of amides is 1. The molecule has 2 unspecified atom stereocenters. The van der Waals surface area contributed by atoms with E-state index < -0.39 is 11.0 Å². The summed E-state index contributed by atoms with van der Waals surface area (Å²) in [6, 6.07) is 9.68. The van der Waals surface area contributed by atoms with Crippen LogP contribution in [0.3, 0.4) is 0 Å². The molecule has 2 aromatic rings. The van der Waals surface area contributed by atoms with E-state index >= 15 is 0 Å². The van der Waals surface area contributed by atoms with Crippen LogP contribution in [0, 0.1) is 5.41 Å². The number of rotatable bonds is 5. The number of anilines is 1. The molecule has 1 aromatic carbocycles. The molecule has 6 nitrogen and oxygen atoms in total. The molecule has 0 radical (unpaired) electrons. The number of halogens is 1. The van der Waals surface area contributed by atoms with Crippen LogP contribution in [0.25, 0.3) is 11.4 Å². The molecule has 0 spiro atoms. The van der Waals surface area contributed by atoms with Crippen LogP contribution in [0.15, 0.2) is 42.7 Å². The Labute approximate surface area is 160 Å². The zero-order valence-corrected chi connectivity index (χ0v) is 16.0. The second-order valence-corrected chi connectivity index (χ2v) is 6.96. The fourth-order valence-electron chi connectivity index (χ4n) is 3.19. The summed E-state index contributed by atoms with van der Waals surface area (Å²) >= 11 is 0. The van der Waals surface area contributed by atoms with Crippen molar-refractivity contribution in [3.05, 3.63) is 42.7 Å². The number of hydrogen-bond acceptors (Lipinski definition) is 5. The highest BCUT2D eigenvalue weighted by Gasteiger charge is 2.62. The normalized spacial score (nSPS) is 23.5. The van der Waals surface area contributed by atoms with Gasteiger partial charge >= 0.3 is 0 Å². The van der Waals surface area contributed by atoms with Gasteiger partial charge in [0.05, 0.1) is 24.2 Å². The summed E-state index contributed by atoms with van der Waals surface area (Å²) in [5.41, 5.74) is 6.44. The van der Waals surface area contributed by atoms with Gasteiger partial charge in [0.15, 0.2) is 5.82 Å². The molecule has 7 heteroatoms. The lowest BCUT2D eigenvalue weighted by Crippen LogP contribution is -2.74. The van der Waals surface area contributed by atoms with Crippen molar-refractivity contribution < 1.29 is 9.53 Å². The van der Waals surface area contributed by atoms with Gasteiger partial charge in [0.2, 0.25) is 5.91 Å². The van der Waals surface area contributed by atoms with E-state index in [-0.39, 0.29) is 24.4 Å². The number of aromatic nitrogens is 2. The highest BCUT2D eigenvalue weighted by molar-refractivity contribution is 5.99. The lowest BCUT2D eigenvalue weighted by atomic mass is 9.54. The fraction of sp³-hybridized carbons (Fsp3) is 0.421. The number of nitrogens with two attached hydrogens (primary N) is 1. The SMILES string of the molecule is CCOC1CC(N)(C(=O)Nc2cnc(-c3ccccc3)nc2)C1(C)C.Cl. The maximum atomic E-state index is 12.7. The van der Waals surface area contributed by atoms with Crippen LogP contribution in [0.5, 0.6) is 0 Å². The Balaban J connectivity index is 0.00000243. The molecule has 0 saturated heterocycles. The Morgan fingerprint density at radius 3 is 2.42 bits per heavy atom. The zero-order valence-electron chi connectivity index (χ0n) is 15.2. The second-order valence-electron chi connectivity index (χ2n) is 6.96. The quantitative estimate of drug-likeness (QED) is 0.837. The number of carbonyl (C=O) groups excluding carboxylic acids is 1. The predicted molar refractivity (Wildman–Crippen MR) is 104 cm³/mol. The van der Waals surface area contributed by atoms with E-state index in [9.17, 15) is 4.79 Å². The standard InChI is InChI=1S/C19H24N4O2.ClH/c1-4-25-15-10-19(20,18(15,2)3)17(24)23-14-11-21-16(22-12-14)13-8-6-5-7-9-13;/h5-9,11-12,15H,4,10,20H2,1-3H3,(H,23,24);1H. The molecule has 3 N–H and O–H groups in total. The smallest absolute Gasteiger partial charge is 0.245 e. The Bertz CT molecular complexity index is 752. The van der Waals surface area contributed by atoms with Crippen LogP contribution in [0.2, 0.25) is 0 Å². The number of nitrogens with one attached hydrogen (secondary N) is 1. The minimum atomic E-state index is -0.967. The highest BCUT2D eigenvalue weighted by atomic mass is 35.5. The summed E-state index contributed by atoms with van der Waals surface area (Å²) in [5, 5.41) is 2.84. The molecule has 1 aliphatic rings. The van der Waals surface area contributed by atoms with Crippen molar-refractivity contribution in [1.82, 2.24) is 9.97 Å². The first-order chi connectivity index (χ1) is 11.9. The lowest BCUT2D eigenvalue weighted by Gasteiger charge is -2.57. The maximum Gasteiger partial charge on any atom is 0.245 e. The van der Waals surface area contributed by atoms with Gasteiger partial charge in [-0.1, -0.05) is 44.2 Å². The predicted octanol–water partition coefficient (Wildman–Crippen LogP) is 3.04. The van der Waals surface area contributed by atoms with Gasteiger partial charge in [-0.15, -0.1) is 12.4 Å². The van der Waals surface area contributed by atoms with E-state index in [0.717, 1.165) is 5.56 Å². The number of nitrogens with zero attached hydrogens (tertiary/aromatic N) is 2. The van der Waals surface area contributed by atoms with Gasteiger partial charge in [-0.3, -0.25) is 4.79 Å². The van der Waals surface area contributed by atoms with Crippen molar-refractivity contribution in [3.8, 4) is 11.4 Å². The van der Waals surface area contributed by atoms with Gasteiger partial charge < -0.3 is 15.8 Å². The van der Waals surface area contributed by atoms with Gasteiger partial charge in [-0.05, 0) is 6.92 Å². The number of carbonyl (C=O) groups is 1. The molecule has 1 saturated carbocycles. The van der Waals surface area contributed by atoms with Gasteiger partial charge in [-0.2, -0.15) is 0 Å². The van der Waals surface area contributed by atoms with Crippen molar-refractivity contribution in [2.45, 2.75) is 38.8 Å². The third-order valence-electron chi connectivity index (χ3n) is 5.18. The minimum Gasteiger partial charge on any atom is -0.378 e. The third kappa shape index (κ3) is 3.45. The molecule has 1 aromatic heterocycles. The van der Waals surface area contributed by atoms with Gasteiger partial charge in [0.25, 0.3) is 0 Å². The summed E-state index contributed by atoms with van der Waals surface area (Å²) in [5.74, 6) is 0.381. The van der Waals surface area contributed by atoms with Gasteiger partial charge in [-0.25, -0.2) is 9.97 Å². The first-order valence-electron chi connectivity index (χ1n) is 8.48.